The van der Waals surface area contributed by atoms with E-state index in [4.69, 9.17) is 10.6 Å². The average Bonchev–Trinajstić information content (AvgIpc) is 2.41. The molecule has 94 valence electrons. The molecule has 0 unspecified atom stereocenters. The minimum Gasteiger partial charge on any atom is -0.437 e. The molecule has 18 heavy (non-hydrogen) atoms. The molecule has 1 aromatic heterocycles. The van der Waals surface area contributed by atoms with Gasteiger partial charge in [-0.05, 0) is 34.5 Å². The molecule has 0 aliphatic heterocycles. The summed E-state index contributed by atoms with van der Waals surface area (Å²) in [6, 6.07) is 7.59. The fourth-order valence-corrected chi connectivity index (χ4v) is 1.92. The lowest BCUT2D eigenvalue weighted by molar-refractivity contribution is 0.453. The number of nitrogens with zero attached hydrogens (tertiary/aromatic N) is 2. The van der Waals surface area contributed by atoms with Crippen molar-refractivity contribution < 1.29 is 4.74 Å². The molecule has 0 saturated heterocycles. The van der Waals surface area contributed by atoms with Gasteiger partial charge in [0.25, 0.3) is 0 Å². The van der Waals surface area contributed by atoms with Crippen LogP contribution in [0.25, 0.3) is 0 Å². The van der Waals surface area contributed by atoms with Gasteiger partial charge in [0.1, 0.15) is 17.9 Å². The Morgan fingerprint density at radius 3 is 2.78 bits per heavy atom. The summed E-state index contributed by atoms with van der Waals surface area (Å²) in [6.45, 7) is 1.99. The van der Waals surface area contributed by atoms with Crippen LogP contribution in [-0.2, 0) is 6.42 Å². The number of rotatable bonds is 4. The van der Waals surface area contributed by atoms with E-state index in [9.17, 15) is 0 Å². The number of hydrogen-bond acceptors (Lipinski definition) is 5. The molecule has 5 nitrogen and oxygen atoms in total. The molecule has 3 N–H and O–H groups in total. The van der Waals surface area contributed by atoms with Gasteiger partial charge in [-0.3, -0.25) is 0 Å². The highest BCUT2D eigenvalue weighted by molar-refractivity contribution is 9.10. The average molecular weight is 309 g/mol. The molecular formula is C12H13BrN4O. The van der Waals surface area contributed by atoms with Crippen LogP contribution in [0.15, 0.2) is 35.1 Å². The predicted octanol–water partition coefficient (Wildman–Crippen LogP) is 2.88. The van der Waals surface area contributed by atoms with Crippen LogP contribution < -0.4 is 16.0 Å². The summed E-state index contributed by atoms with van der Waals surface area (Å²) in [7, 11) is 0. The molecule has 0 radical (unpaired) electrons. The first-order chi connectivity index (χ1) is 8.76. The summed E-state index contributed by atoms with van der Waals surface area (Å²) in [5, 5.41) is 0. The lowest BCUT2D eigenvalue weighted by atomic mass is 10.2. The van der Waals surface area contributed by atoms with Crippen molar-refractivity contribution in [2.45, 2.75) is 13.3 Å². The van der Waals surface area contributed by atoms with Gasteiger partial charge in [-0.2, -0.15) is 0 Å². The molecule has 0 spiro atoms. The quantitative estimate of drug-likeness (QED) is 0.671. The summed E-state index contributed by atoms with van der Waals surface area (Å²) in [6.07, 6.45) is 2.14. The molecule has 0 atom stereocenters. The van der Waals surface area contributed by atoms with E-state index in [1.165, 1.54) is 6.33 Å². The normalized spacial score (nSPS) is 10.2. The summed E-state index contributed by atoms with van der Waals surface area (Å²) < 4.78 is 6.65. The Morgan fingerprint density at radius 2 is 2.11 bits per heavy atom. The van der Waals surface area contributed by atoms with Crippen LogP contribution in [0.4, 0.5) is 5.82 Å². The minimum atomic E-state index is 0.507. The van der Waals surface area contributed by atoms with E-state index in [1.807, 2.05) is 31.2 Å². The smallest absolute Gasteiger partial charge is 0.227 e. The van der Waals surface area contributed by atoms with Gasteiger partial charge in [-0.25, -0.2) is 15.8 Å². The molecule has 1 aromatic carbocycles. The summed E-state index contributed by atoms with van der Waals surface area (Å²) >= 11 is 3.43. The summed E-state index contributed by atoms with van der Waals surface area (Å²) in [5.41, 5.74) is 3.39. The molecule has 0 fully saturated rings. The van der Waals surface area contributed by atoms with Gasteiger partial charge in [0.15, 0.2) is 0 Å². The number of halogens is 1. The van der Waals surface area contributed by atoms with Crippen molar-refractivity contribution in [2.24, 2.45) is 5.84 Å². The third-order valence-corrected chi connectivity index (χ3v) is 3.09. The van der Waals surface area contributed by atoms with Crippen molar-refractivity contribution in [1.29, 1.82) is 0 Å². The zero-order chi connectivity index (χ0) is 13.0. The van der Waals surface area contributed by atoms with E-state index in [-0.39, 0.29) is 0 Å². The van der Waals surface area contributed by atoms with Crippen molar-refractivity contribution >= 4 is 21.7 Å². The predicted molar refractivity (Wildman–Crippen MR) is 73.4 cm³/mol. The first-order valence-corrected chi connectivity index (χ1v) is 6.28. The highest BCUT2D eigenvalue weighted by atomic mass is 79.9. The van der Waals surface area contributed by atoms with Crippen LogP contribution in [0.3, 0.4) is 0 Å². The number of nitrogens with one attached hydrogen (secondary N) is 1. The number of hydrogen-bond donors (Lipinski definition) is 2. The standard InChI is InChI=1S/C12H13BrN4O/c1-2-8-11(17-14)15-7-16-12(8)18-10-6-4-3-5-9(10)13/h3-7H,2,14H2,1H3,(H,15,16,17). The number of nitrogens with two attached hydrogens (primary N) is 1. The molecule has 0 amide bonds. The Hall–Kier alpha value is -1.66. The largest absolute Gasteiger partial charge is 0.437 e. The van der Waals surface area contributed by atoms with Crippen molar-refractivity contribution in [1.82, 2.24) is 9.97 Å². The van der Waals surface area contributed by atoms with Gasteiger partial charge in [0.05, 0.1) is 10.0 Å². The van der Waals surface area contributed by atoms with E-state index in [2.05, 4.69) is 31.3 Å². The maximum atomic E-state index is 5.78. The topological polar surface area (TPSA) is 73.1 Å². The van der Waals surface area contributed by atoms with Gasteiger partial charge in [-0.15, -0.1) is 0 Å². The Bertz CT molecular complexity index is 547. The van der Waals surface area contributed by atoms with E-state index in [1.54, 1.807) is 0 Å². The molecule has 6 heteroatoms. The van der Waals surface area contributed by atoms with E-state index >= 15 is 0 Å². The van der Waals surface area contributed by atoms with E-state index in [0.29, 0.717) is 17.4 Å². The number of benzene rings is 1. The maximum absolute atomic E-state index is 5.78. The molecule has 2 aromatic rings. The zero-order valence-corrected chi connectivity index (χ0v) is 11.4. The number of anilines is 1. The van der Waals surface area contributed by atoms with Gasteiger partial charge < -0.3 is 10.2 Å². The van der Waals surface area contributed by atoms with E-state index in [0.717, 1.165) is 16.5 Å². The van der Waals surface area contributed by atoms with Crippen molar-refractivity contribution in [2.75, 3.05) is 5.43 Å². The second-order valence-electron chi connectivity index (χ2n) is 3.54. The van der Waals surface area contributed by atoms with Gasteiger partial charge in [0.2, 0.25) is 5.88 Å². The molecule has 2 rings (SSSR count). The number of nitrogen functional groups attached to an aromatic ring is 1. The van der Waals surface area contributed by atoms with Crippen LogP contribution in [0, 0.1) is 0 Å². The second-order valence-corrected chi connectivity index (χ2v) is 4.39. The van der Waals surface area contributed by atoms with Crippen LogP contribution >= 0.6 is 15.9 Å². The SMILES string of the molecule is CCc1c(NN)ncnc1Oc1ccccc1Br. The van der Waals surface area contributed by atoms with Crippen molar-refractivity contribution in [3.63, 3.8) is 0 Å². The molecule has 0 aliphatic rings. The molecule has 0 saturated carbocycles. The van der Waals surface area contributed by atoms with Gasteiger partial charge in [-0.1, -0.05) is 19.1 Å². The molecular weight excluding hydrogens is 296 g/mol. The fourth-order valence-electron chi connectivity index (χ4n) is 1.56. The molecule has 1 heterocycles. The van der Waals surface area contributed by atoms with Crippen molar-refractivity contribution in [3.8, 4) is 11.6 Å². The highest BCUT2D eigenvalue weighted by Crippen LogP contribution is 2.31. The van der Waals surface area contributed by atoms with E-state index < -0.39 is 0 Å². The third kappa shape index (κ3) is 2.60. The summed E-state index contributed by atoms with van der Waals surface area (Å²) in [5.74, 6) is 7.20. The number of ether oxygens (including phenoxy) is 1. The fraction of sp³-hybridized carbons (Fsp3) is 0.167. The van der Waals surface area contributed by atoms with Crippen LogP contribution in [0.1, 0.15) is 12.5 Å². The Labute approximate surface area is 113 Å². The Kier molecular flexibility index (Phi) is 4.11. The van der Waals surface area contributed by atoms with Crippen LogP contribution in [0.5, 0.6) is 11.6 Å². The maximum Gasteiger partial charge on any atom is 0.227 e. The lowest BCUT2D eigenvalue weighted by Crippen LogP contribution is -2.12. The Balaban J connectivity index is 2.37. The molecule has 0 bridgehead atoms. The van der Waals surface area contributed by atoms with Gasteiger partial charge >= 0.3 is 0 Å². The Morgan fingerprint density at radius 1 is 1.33 bits per heavy atom. The van der Waals surface area contributed by atoms with Crippen molar-refractivity contribution in [3.05, 3.63) is 40.6 Å². The number of hydrazine groups is 1. The zero-order valence-electron chi connectivity index (χ0n) is 9.85. The monoisotopic (exact) mass is 308 g/mol. The first-order valence-electron chi connectivity index (χ1n) is 5.49. The lowest BCUT2D eigenvalue weighted by Gasteiger charge is -2.12. The van der Waals surface area contributed by atoms with Gasteiger partial charge in [0, 0.05) is 0 Å². The molecule has 0 aliphatic carbocycles. The summed E-state index contributed by atoms with van der Waals surface area (Å²) in [4.78, 5) is 8.20. The van der Waals surface area contributed by atoms with Crippen LogP contribution in [0.2, 0.25) is 0 Å². The minimum absolute atomic E-state index is 0.507. The number of aromatic nitrogens is 2. The second kappa shape index (κ2) is 5.79. The highest BCUT2D eigenvalue weighted by Gasteiger charge is 2.12. The first kappa shape index (κ1) is 12.8. The van der Waals surface area contributed by atoms with Crippen LogP contribution in [-0.4, -0.2) is 9.97 Å². The third-order valence-electron chi connectivity index (χ3n) is 2.44. The number of para-hydroxylation sites is 1.